The second kappa shape index (κ2) is 9.67. The molecule has 3 heterocycles. The van der Waals surface area contributed by atoms with E-state index in [2.05, 4.69) is 143 Å². The molecule has 0 bridgehead atoms. The Morgan fingerprint density at radius 1 is 0.420 bits per heavy atom. The largest absolute Gasteiger partial charge is 0.309 e. The predicted octanol–water partition coefficient (Wildman–Crippen LogP) is 10.8. The Kier molecular flexibility index (Phi) is 5.16. The zero-order valence-corrected chi connectivity index (χ0v) is 27.3. The van der Waals surface area contributed by atoms with Crippen molar-refractivity contribution in [1.29, 1.82) is 0 Å². The Morgan fingerprint density at radius 2 is 1.02 bits per heavy atom. The summed E-state index contributed by atoms with van der Waals surface area (Å²) in [6.07, 6.45) is 4.59. The first-order valence-electron chi connectivity index (χ1n) is 17.7. The molecule has 234 valence electrons. The Balaban J connectivity index is 1.27. The maximum atomic E-state index is 5.45. The molecule has 0 atom stereocenters. The van der Waals surface area contributed by atoms with Crippen molar-refractivity contribution in [2.75, 3.05) is 0 Å². The van der Waals surface area contributed by atoms with Crippen molar-refractivity contribution < 1.29 is 0 Å². The van der Waals surface area contributed by atoms with E-state index in [-0.39, 0.29) is 0 Å². The summed E-state index contributed by atoms with van der Waals surface area (Å²) in [7, 11) is 0. The molecular formula is C46H30N4. The van der Waals surface area contributed by atoms with Gasteiger partial charge in [0.05, 0.1) is 33.3 Å². The summed E-state index contributed by atoms with van der Waals surface area (Å²) < 4.78 is 4.83. The molecule has 0 amide bonds. The van der Waals surface area contributed by atoms with E-state index in [4.69, 9.17) is 9.97 Å². The smallest absolute Gasteiger partial charge is 0.235 e. The van der Waals surface area contributed by atoms with E-state index in [1.807, 2.05) is 0 Å². The van der Waals surface area contributed by atoms with Gasteiger partial charge in [-0.1, -0.05) is 84.9 Å². The molecular weight excluding hydrogens is 609 g/mol. The van der Waals surface area contributed by atoms with Gasteiger partial charge in [0.2, 0.25) is 5.95 Å². The molecule has 12 rings (SSSR count). The molecule has 0 spiro atoms. The van der Waals surface area contributed by atoms with Crippen LogP contribution in [0.5, 0.6) is 0 Å². The van der Waals surface area contributed by atoms with E-state index in [9.17, 15) is 0 Å². The molecule has 3 aromatic heterocycles. The standard InChI is InChI=1S/C46H30N4/c1-3-9-27(10-4-1)44-35-13-7-8-14-40(35)47-46(48-44)50-43-26-39-37-23-30-17-18-31(30)24-41(37)49(33-11-5-2-6-12-33)42(39)25-38(43)34-20-19-32-21-28-15-16-29(28)22-36(32)45(34)50/h1-14,19-26H,15-18H2. The second-order valence-electron chi connectivity index (χ2n) is 14.1. The van der Waals surface area contributed by atoms with Crippen LogP contribution in [-0.2, 0) is 25.7 Å². The summed E-state index contributed by atoms with van der Waals surface area (Å²) >= 11 is 0. The van der Waals surface area contributed by atoms with E-state index < -0.39 is 0 Å². The molecule has 0 N–H and O–H groups in total. The molecule has 50 heavy (non-hydrogen) atoms. The number of hydrogen-bond acceptors (Lipinski definition) is 2. The highest BCUT2D eigenvalue weighted by atomic mass is 15.2. The fraction of sp³-hybridized carbons (Fsp3) is 0.0870. The van der Waals surface area contributed by atoms with E-state index in [0.717, 1.165) is 53.4 Å². The number of aromatic nitrogens is 4. The van der Waals surface area contributed by atoms with E-state index >= 15 is 0 Å². The molecule has 0 unspecified atom stereocenters. The van der Waals surface area contributed by atoms with Crippen molar-refractivity contribution in [2.45, 2.75) is 25.7 Å². The number of fused-ring (bicyclic) bond motifs is 11. The van der Waals surface area contributed by atoms with Crippen molar-refractivity contribution in [3.8, 4) is 22.9 Å². The van der Waals surface area contributed by atoms with Crippen LogP contribution in [-0.4, -0.2) is 19.1 Å². The average molecular weight is 639 g/mol. The molecule has 10 aromatic rings. The average Bonchev–Trinajstić information content (AvgIpc) is 3.63. The van der Waals surface area contributed by atoms with E-state index in [1.54, 1.807) is 0 Å². The zero-order valence-electron chi connectivity index (χ0n) is 27.3. The third-order valence-corrected chi connectivity index (χ3v) is 11.5. The summed E-state index contributed by atoms with van der Waals surface area (Å²) in [4.78, 5) is 10.8. The molecule has 0 saturated carbocycles. The van der Waals surface area contributed by atoms with Crippen molar-refractivity contribution >= 4 is 65.3 Å². The number of nitrogens with zero attached hydrogens (tertiary/aromatic N) is 4. The lowest BCUT2D eigenvalue weighted by Crippen LogP contribution is -2.08. The van der Waals surface area contributed by atoms with Crippen molar-refractivity contribution in [1.82, 2.24) is 19.1 Å². The van der Waals surface area contributed by atoms with Gasteiger partial charge in [0.15, 0.2) is 0 Å². The molecule has 2 aliphatic carbocycles. The second-order valence-corrected chi connectivity index (χ2v) is 14.1. The molecule has 4 nitrogen and oxygen atoms in total. The SMILES string of the molecule is c1ccc(-c2nc(-n3c4cc5c6cc7c(cc6n(-c6ccccc6)c5cc4c4ccc5cc6c(cc5c43)CC6)CC7)nc3ccccc23)cc1. The Labute approximate surface area is 287 Å². The molecule has 0 fully saturated rings. The van der Waals surface area contributed by atoms with Gasteiger partial charge in [-0.3, -0.25) is 4.57 Å². The first kappa shape index (κ1) is 26.7. The van der Waals surface area contributed by atoms with Crippen LogP contribution >= 0.6 is 0 Å². The van der Waals surface area contributed by atoms with Crippen LogP contribution in [0, 0.1) is 0 Å². The van der Waals surface area contributed by atoms with Crippen LogP contribution in [0.15, 0.2) is 133 Å². The molecule has 7 aromatic carbocycles. The van der Waals surface area contributed by atoms with Gasteiger partial charge in [-0.05, 0) is 102 Å². The summed E-state index contributed by atoms with van der Waals surface area (Å²) in [5, 5.41) is 8.58. The number of rotatable bonds is 3. The van der Waals surface area contributed by atoms with Crippen molar-refractivity contribution in [3.63, 3.8) is 0 Å². The fourth-order valence-corrected chi connectivity index (χ4v) is 8.77. The van der Waals surface area contributed by atoms with Gasteiger partial charge in [0.1, 0.15) is 0 Å². The van der Waals surface area contributed by atoms with Crippen LogP contribution in [0.2, 0.25) is 0 Å². The van der Waals surface area contributed by atoms with Crippen molar-refractivity contribution in [2.24, 2.45) is 0 Å². The first-order valence-corrected chi connectivity index (χ1v) is 17.7. The lowest BCUT2D eigenvalue weighted by molar-refractivity contribution is 0.843. The van der Waals surface area contributed by atoms with Crippen LogP contribution in [0.1, 0.15) is 22.3 Å². The maximum absolute atomic E-state index is 5.45. The maximum Gasteiger partial charge on any atom is 0.235 e. The Morgan fingerprint density at radius 3 is 1.80 bits per heavy atom. The van der Waals surface area contributed by atoms with Gasteiger partial charge in [0.25, 0.3) is 0 Å². The fourth-order valence-electron chi connectivity index (χ4n) is 8.77. The minimum atomic E-state index is 0.702. The summed E-state index contributed by atoms with van der Waals surface area (Å²) in [5.41, 5.74) is 14.8. The third-order valence-electron chi connectivity index (χ3n) is 11.5. The van der Waals surface area contributed by atoms with E-state index in [0.29, 0.717) is 5.95 Å². The molecule has 0 aliphatic heterocycles. The molecule has 4 heteroatoms. The number of benzene rings is 7. The lowest BCUT2D eigenvalue weighted by atomic mass is 9.86. The van der Waals surface area contributed by atoms with Gasteiger partial charge in [0, 0.05) is 43.6 Å². The van der Waals surface area contributed by atoms with Crippen LogP contribution in [0.4, 0.5) is 0 Å². The normalized spacial score (nSPS) is 13.7. The highest BCUT2D eigenvalue weighted by molar-refractivity contribution is 6.23. The number of hydrogen-bond donors (Lipinski definition) is 0. The predicted molar refractivity (Wildman–Crippen MR) is 206 cm³/mol. The van der Waals surface area contributed by atoms with Gasteiger partial charge in [-0.25, -0.2) is 9.97 Å². The van der Waals surface area contributed by atoms with Crippen LogP contribution < -0.4 is 0 Å². The highest BCUT2D eigenvalue weighted by Gasteiger charge is 2.25. The van der Waals surface area contributed by atoms with Gasteiger partial charge in [-0.2, -0.15) is 0 Å². The van der Waals surface area contributed by atoms with Gasteiger partial charge < -0.3 is 4.57 Å². The minimum absolute atomic E-state index is 0.702. The lowest BCUT2D eigenvalue weighted by Gasteiger charge is -2.20. The van der Waals surface area contributed by atoms with Crippen molar-refractivity contribution in [3.05, 3.63) is 156 Å². The highest BCUT2D eigenvalue weighted by Crippen LogP contribution is 2.44. The number of para-hydroxylation sites is 2. The van der Waals surface area contributed by atoms with E-state index in [1.165, 1.54) is 76.8 Å². The minimum Gasteiger partial charge on any atom is -0.309 e. The van der Waals surface area contributed by atoms with Crippen LogP contribution in [0.3, 0.4) is 0 Å². The topological polar surface area (TPSA) is 35.6 Å². The van der Waals surface area contributed by atoms with Gasteiger partial charge >= 0.3 is 0 Å². The molecule has 0 radical (unpaired) electrons. The quantitative estimate of drug-likeness (QED) is 0.193. The summed E-state index contributed by atoms with van der Waals surface area (Å²) in [5.74, 6) is 0.702. The monoisotopic (exact) mass is 638 g/mol. The Hall–Kier alpha value is -6.26. The number of aryl methyl sites for hydroxylation is 4. The van der Waals surface area contributed by atoms with Crippen LogP contribution in [0.25, 0.3) is 88.2 Å². The molecule has 2 aliphatic rings. The first-order chi connectivity index (χ1) is 24.8. The summed E-state index contributed by atoms with van der Waals surface area (Å²) in [6, 6.07) is 49.0. The Bertz CT molecular complexity index is 3080. The van der Waals surface area contributed by atoms with Gasteiger partial charge in [-0.15, -0.1) is 0 Å². The molecule has 0 saturated heterocycles. The zero-order chi connectivity index (χ0) is 32.5. The third kappa shape index (κ3) is 3.55. The summed E-state index contributed by atoms with van der Waals surface area (Å²) in [6.45, 7) is 0.